The molecule has 1 aromatic carbocycles. The number of aliphatic carboxylic acids is 1. The first-order valence-corrected chi connectivity index (χ1v) is 6.79. The van der Waals surface area contributed by atoms with E-state index < -0.39 is 17.9 Å². The Labute approximate surface area is 124 Å². The number of aliphatic hydroxyl groups is 1. The first-order chi connectivity index (χ1) is 9.83. The first kappa shape index (κ1) is 17.4. The molecule has 3 unspecified atom stereocenters. The van der Waals surface area contributed by atoms with Gasteiger partial charge in [0.15, 0.2) is 0 Å². The lowest BCUT2D eigenvalue weighted by molar-refractivity contribution is -0.397. The highest BCUT2D eigenvalue weighted by molar-refractivity contribution is 5.75. The van der Waals surface area contributed by atoms with Crippen molar-refractivity contribution in [1.29, 1.82) is 0 Å². The smallest absolute Gasteiger partial charge is 0.379 e. The van der Waals surface area contributed by atoms with E-state index in [9.17, 15) is 15.0 Å². The van der Waals surface area contributed by atoms with Crippen molar-refractivity contribution in [2.45, 2.75) is 39.1 Å². The van der Waals surface area contributed by atoms with Crippen LogP contribution in [-0.4, -0.2) is 34.7 Å². The Hall–Kier alpha value is -1.63. The molecule has 0 saturated carbocycles. The van der Waals surface area contributed by atoms with Gasteiger partial charge < -0.3 is 14.9 Å². The van der Waals surface area contributed by atoms with Crippen molar-refractivity contribution in [3.63, 3.8) is 0 Å². The summed E-state index contributed by atoms with van der Waals surface area (Å²) in [5.74, 6) is -2.84. The van der Waals surface area contributed by atoms with Crippen LogP contribution >= 0.6 is 0 Å². The highest BCUT2D eigenvalue weighted by Crippen LogP contribution is 2.20. The standard InChI is InChI=1S/C15H22O6/c1-11(9-12(2)16)10-19-21-15(3,14(17)18)20-13-7-5-4-6-8-13/h4-8,11-12,16H,9-10H2,1-3H3,(H,17,18). The van der Waals surface area contributed by atoms with Crippen molar-refractivity contribution in [3.05, 3.63) is 30.3 Å². The fraction of sp³-hybridized carbons (Fsp3) is 0.533. The monoisotopic (exact) mass is 298 g/mol. The molecule has 0 fully saturated rings. The maximum Gasteiger partial charge on any atom is 0.379 e. The number of rotatable bonds is 9. The minimum atomic E-state index is -1.94. The van der Waals surface area contributed by atoms with Crippen LogP contribution in [0.4, 0.5) is 0 Å². The number of para-hydroxylation sites is 1. The molecule has 3 atom stereocenters. The molecule has 0 amide bonds. The second-order valence-corrected chi connectivity index (χ2v) is 5.22. The van der Waals surface area contributed by atoms with Crippen LogP contribution in [0.2, 0.25) is 0 Å². The van der Waals surface area contributed by atoms with Crippen molar-refractivity contribution >= 4 is 5.97 Å². The number of carboxylic acid groups (broad SMARTS) is 1. The summed E-state index contributed by atoms with van der Waals surface area (Å²) in [5.41, 5.74) is 0. The van der Waals surface area contributed by atoms with Crippen molar-refractivity contribution in [2.24, 2.45) is 5.92 Å². The van der Waals surface area contributed by atoms with Crippen molar-refractivity contribution in [3.8, 4) is 5.75 Å². The Balaban J connectivity index is 2.55. The summed E-state index contributed by atoms with van der Waals surface area (Å²) in [6.45, 7) is 4.97. The molecule has 1 aromatic rings. The van der Waals surface area contributed by atoms with E-state index in [1.165, 1.54) is 6.92 Å². The number of carboxylic acids is 1. The Bertz CT molecular complexity index is 433. The quantitative estimate of drug-likeness (QED) is 0.413. The lowest BCUT2D eigenvalue weighted by Crippen LogP contribution is -2.44. The zero-order valence-electron chi connectivity index (χ0n) is 12.5. The van der Waals surface area contributed by atoms with Gasteiger partial charge in [0.2, 0.25) is 0 Å². The second kappa shape index (κ2) is 7.97. The van der Waals surface area contributed by atoms with E-state index in [4.69, 9.17) is 14.5 Å². The molecule has 0 saturated heterocycles. The van der Waals surface area contributed by atoms with Gasteiger partial charge in [0, 0.05) is 6.92 Å². The van der Waals surface area contributed by atoms with Gasteiger partial charge in [0.05, 0.1) is 12.7 Å². The van der Waals surface area contributed by atoms with E-state index in [2.05, 4.69) is 0 Å². The van der Waals surface area contributed by atoms with Gasteiger partial charge in [-0.15, -0.1) is 0 Å². The Morgan fingerprint density at radius 2 is 1.90 bits per heavy atom. The number of hydrogen-bond acceptors (Lipinski definition) is 5. The van der Waals surface area contributed by atoms with Gasteiger partial charge in [-0.1, -0.05) is 25.1 Å². The lowest BCUT2D eigenvalue weighted by Gasteiger charge is -2.25. The summed E-state index contributed by atoms with van der Waals surface area (Å²) in [4.78, 5) is 21.2. The van der Waals surface area contributed by atoms with Crippen LogP contribution in [0.15, 0.2) is 30.3 Å². The summed E-state index contributed by atoms with van der Waals surface area (Å²) in [6, 6.07) is 8.49. The van der Waals surface area contributed by atoms with Gasteiger partial charge in [-0.05, 0) is 31.4 Å². The molecule has 21 heavy (non-hydrogen) atoms. The zero-order chi connectivity index (χ0) is 15.9. The van der Waals surface area contributed by atoms with Crippen LogP contribution in [0.1, 0.15) is 27.2 Å². The van der Waals surface area contributed by atoms with Crippen LogP contribution in [0, 0.1) is 5.92 Å². The Morgan fingerprint density at radius 1 is 1.29 bits per heavy atom. The number of carbonyl (C=O) groups is 1. The molecular weight excluding hydrogens is 276 g/mol. The maximum absolute atomic E-state index is 11.3. The fourth-order valence-electron chi connectivity index (χ4n) is 1.72. The molecule has 118 valence electrons. The molecule has 0 aliphatic rings. The minimum Gasteiger partial charge on any atom is -0.476 e. The molecule has 0 spiro atoms. The van der Waals surface area contributed by atoms with E-state index in [0.717, 1.165) is 0 Å². The lowest BCUT2D eigenvalue weighted by atomic mass is 10.1. The van der Waals surface area contributed by atoms with Gasteiger partial charge >= 0.3 is 11.8 Å². The van der Waals surface area contributed by atoms with Crippen LogP contribution in [0.3, 0.4) is 0 Å². The number of aliphatic hydroxyl groups excluding tert-OH is 1. The summed E-state index contributed by atoms with van der Waals surface area (Å²) >= 11 is 0. The molecule has 1 rings (SSSR count). The highest BCUT2D eigenvalue weighted by atomic mass is 17.2. The third kappa shape index (κ3) is 6.12. The number of benzene rings is 1. The largest absolute Gasteiger partial charge is 0.476 e. The molecule has 0 aromatic heterocycles. The molecule has 6 heteroatoms. The average molecular weight is 298 g/mol. The van der Waals surface area contributed by atoms with Crippen molar-refractivity contribution in [2.75, 3.05) is 6.61 Å². The van der Waals surface area contributed by atoms with E-state index in [1.54, 1.807) is 37.3 Å². The Kier molecular flexibility index (Phi) is 6.61. The van der Waals surface area contributed by atoms with Gasteiger partial charge in [0.25, 0.3) is 0 Å². The maximum atomic E-state index is 11.3. The summed E-state index contributed by atoms with van der Waals surface area (Å²) < 4.78 is 5.33. The SMILES string of the molecule is CC(O)CC(C)COOC(C)(Oc1ccccc1)C(=O)O. The molecule has 0 radical (unpaired) electrons. The van der Waals surface area contributed by atoms with Crippen LogP contribution in [0.5, 0.6) is 5.75 Å². The topological polar surface area (TPSA) is 85.2 Å². The summed E-state index contributed by atoms with van der Waals surface area (Å²) in [6.07, 6.45) is 0.0854. The van der Waals surface area contributed by atoms with E-state index in [-0.39, 0.29) is 12.5 Å². The molecule has 0 aliphatic heterocycles. The molecule has 6 nitrogen and oxygen atoms in total. The zero-order valence-corrected chi connectivity index (χ0v) is 12.5. The molecule has 0 aliphatic carbocycles. The number of ether oxygens (including phenoxy) is 1. The normalized spacial score (nSPS) is 16.8. The number of hydrogen-bond donors (Lipinski definition) is 2. The van der Waals surface area contributed by atoms with Crippen LogP contribution in [-0.2, 0) is 14.6 Å². The minimum absolute atomic E-state index is 0.0276. The van der Waals surface area contributed by atoms with Crippen molar-refractivity contribution < 1.29 is 29.5 Å². The third-order valence-electron chi connectivity index (χ3n) is 2.76. The molecule has 2 N–H and O–H groups in total. The molecular formula is C15H22O6. The van der Waals surface area contributed by atoms with Crippen LogP contribution < -0.4 is 4.74 Å². The molecule has 0 bridgehead atoms. The average Bonchev–Trinajstić information content (AvgIpc) is 2.38. The van der Waals surface area contributed by atoms with Crippen molar-refractivity contribution in [1.82, 2.24) is 0 Å². The van der Waals surface area contributed by atoms with E-state index >= 15 is 0 Å². The fourth-order valence-corrected chi connectivity index (χ4v) is 1.72. The Morgan fingerprint density at radius 3 is 2.43 bits per heavy atom. The van der Waals surface area contributed by atoms with Gasteiger partial charge in [0.1, 0.15) is 5.75 Å². The summed E-state index contributed by atoms with van der Waals surface area (Å²) in [7, 11) is 0. The predicted molar refractivity (Wildman–Crippen MR) is 75.6 cm³/mol. The van der Waals surface area contributed by atoms with E-state index in [1.807, 2.05) is 6.92 Å². The molecule has 0 heterocycles. The third-order valence-corrected chi connectivity index (χ3v) is 2.76. The highest BCUT2D eigenvalue weighted by Gasteiger charge is 2.39. The van der Waals surface area contributed by atoms with E-state index in [0.29, 0.717) is 12.2 Å². The van der Waals surface area contributed by atoms with Gasteiger partial charge in [-0.2, -0.15) is 4.89 Å². The predicted octanol–water partition coefficient (Wildman–Crippen LogP) is 2.22. The van der Waals surface area contributed by atoms with Gasteiger partial charge in [-0.3, -0.25) is 0 Å². The summed E-state index contributed by atoms with van der Waals surface area (Å²) in [5, 5.41) is 18.5. The first-order valence-electron chi connectivity index (χ1n) is 6.79. The van der Waals surface area contributed by atoms with Gasteiger partial charge in [-0.25, -0.2) is 9.68 Å². The van der Waals surface area contributed by atoms with Crippen LogP contribution in [0.25, 0.3) is 0 Å². The second-order valence-electron chi connectivity index (χ2n) is 5.22.